The Kier molecular flexibility index (Phi) is 4.36. The highest BCUT2D eigenvalue weighted by molar-refractivity contribution is 5.05. The zero-order valence-electron chi connectivity index (χ0n) is 9.84. The number of aryl methyl sites for hydroxylation is 1. The van der Waals surface area contributed by atoms with Gasteiger partial charge in [-0.15, -0.1) is 0 Å². The van der Waals surface area contributed by atoms with Gasteiger partial charge in [0.25, 0.3) is 0 Å². The number of aliphatic hydroxyl groups excluding tert-OH is 1. The molecule has 1 aromatic rings. The van der Waals surface area contributed by atoms with Gasteiger partial charge in [0.2, 0.25) is 0 Å². The largest absolute Gasteiger partial charge is 0.466 e. The van der Waals surface area contributed by atoms with Gasteiger partial charge in [0, 0.05) is 25.1 Å². The van der Waals surface area contributed by atoms with Gasteiger partial charge in [0.1, 0.15) is 11.5 Å². The number of hydrogen-bond donors (Lipinski definition) is 2. The van der Waals surface area contributed by atoms with Crippen LogP contribution in [0, 0.1) is 6.92 Å². The molecule has 0 atom stereocenters. The van der Waals surface area contributed by atoms with E-state index >= 15 is 0 Å². The van der Waals surface area contributed by atoms with Crippen molar-refractivity contribution >= 4 is 0 Å². The maximum Gasteiger partial charge on any atom is 0.105 e. The topological polar surface area (TPSA) is 45.4 Å². The van der Waals surface area contributed by atoms with Gasteiger partial charge >= 0.3 is 0 Å². The molecule has 2 N–H and O–H groups in total. The molecule has 15 heavy (non-hydrogen) atoms. The molecule has 0 fully saturated rings. The van der Waals surface area contributed by atoms with Gasteiger partial charge < -0.3 is 14.8 Å². The second-order valence-corrected chi connectivity index (χ2v) is 4.55. The van der Waals surface area contributed by atoms with Crippen LogP contribution in [-0.4, -0.2) is 23.8 Å². The van der Waals surface area contributed by atoms with Crippen LogP contribution < -0.4 is 5.32 Å². The van der Waals surface area contributed by atoms with Gasteiger partial charge in [-0.3, -0.25) is 0 Å². The quantitative estimate of drug-likeness (QED) is 0.755. The van der Waals surface area contributed by atoms with E-state index in [4.69, 9.17) is 9.52 Å². The molecule has 0 aliphatic heterocycles. The lowest BCUT2D eigenvalue weighted by Crippen LogP contribution is -2.41. The summed E-state index contributed by atoms with van der Waals surface area (Å²) in [5.74, 6) is 1.97. The summed E-state index contributed by atoms with van der Waals surface area (Å²) in [6, 6.07) is 3.99. The molecule has 0 spiro atoms. The van der Waals surface area contributed by atoms with E-state index < -0.39 is 0 Å². The van der Waals surface area contributed by atoms with Crippen molar-refractivity contribution in [3.05, 3.63) is 23.7 Å². The fourth-order valence-corrected chi connectivity index (χ4v) is 1.51. The van der Waals surface area contributed by atoms with Gasteiger partial charge in [-0.1, -0.05) is 0 Å². The van der Waals surface area contributed by atoms with E-state index in [1.54, 1.807) is 0 Å². The van der Waals surface area contributed by atoms with Crippen molar-refractivity contribution in [3.63, 3.8) is 0 Å². The van der Waals surface area contributed by atoms with Crippen molar-refractivity contribution in [1.82, 2.24) is 5.32 Å². The molecule has 0 unspecified atom stereocenters. The molecular weight excluding hydrogens is 190 g/mol. The van der Waals surface area contributed by atoms with Gasteiger partial charge in [0.05, 0.1) is 0 Å². The molecule has 1 heterocycles. The minimum atomic E-state index is -0.00358. The molecular formula is C12H21NO2. The predicted molar refractivity (Wildman–Crippen MR) is 60.9 cm³/mol. The van der Waals surface area contributed by atoms with Crippen LogP contribution in [0.5, 0.6) is 0 Å². The highest BCUT2D eigenvalue weighted by atomic mass is 16.3. The Bertz CT molecular complexity index is 292. The Morgan fingerprint density at radius 3 is 2.67 bits per heavy atom. The first-order chi connectivity index (χ1) is 7.03. The Hall–Kier alpha value is -0.800. The molecule has 0 amide bonds. The first-order valence-corrected chi connectivity index (χ1v) is 5.45. The van der Waals surface area contributed by atoms with Gasteiger partial charge in [0.15, 0.2) is 0 Å². The van der Waals surface area contributed by atoms with Crippen molar-refractivity contribution in [3.8, 4) is 0 Å². The summed E-state index contributed by atoms with van der Waals surface area (Å²) in [5.41, 5.74) is -0.00358. The van der Waals surface area contributed by atoms with Crippen molar-refractivity contribution in [2.45, 2.75) is 39.2 Å². The second kappa shape index (κ2) is 5.33. The molecule has 0 saturated heterocycles. The van der Waals surface area contributed by atoms with E-state index in [1.165, 1.54) is 0 Å². The lowest BCUT2D eigenvalue weighted by atomic mass is 10.0. The lowest BCUT2D eigenvalue weighted by molar-refractivity contribution is 0.231. The fourth-order valence-electron chi connectivity index (χ4n) is 1.51. The number of furan rings is 1. The molecule has 0 aliphatic carbocycles. The average molecular weight is 211 g/mol. The Morgan fingerprint density at radius 2 is 2.13 bits per heavy atom. The first kappa shape index (κ1) is 12.3. The number of hydrogen-bond acceptors (Lipinski definition) is 3. The summed E-state index contributed by atoms with van der Waals surface area (Å²) in [5, 5.41) is 12.3. The molecule has 0 radical (unpaired) electrons. The molecule has 1 rings (SSSR count). The summed E-state index contributed by atoms with van der Waals surface area (Å²) in [6.45, 7) is 7.24. The van der Waals surface area contributed by atoms with Crippen molar-refractivity contribution in [2.24, 2.45) is 0 Å². The van der Waals surface area contributed by atoms with Crippen LogP contribution in [0.3, 0.4) is 0 Å². The van der Waals surface area contributed by atoms with Crippen LogP contribution in [0.25, 0.3) is 0 Å². The van der Waals surface area contributed by atoms with Crippen LogP contribution in [0.15, 0.2) is 16.5 Å². The summed E-state index contributed by atoms with van der Waals surface area (Å²) in [4.78, 5) is 0. The number of rotatable bonds is 6. The molecule has 0 bridgehead atoms. The van der Waals surface area contributed by atoms with Gasteiger partial charge in [-0.2, -0.15) is 0 Å². The fraction of sp³-hybridized carbons (Fsp3) is 0.667. The smallest absolute Gasteiger partial charge is 0.105 e. The van der Waals surface area contributed by atoms with Crippen LogP contribution in [0.2, 0.25) is 0 Å². The highest BCUT2D eigenvalue weighted by Crippen LogP contribution is 2.09. The van der Waals surface area contributed by atoms with Crippen molar-refractivity contribution in [2.75, 3.05) is 13.2 Å². The number of nitrogens with one attached hydrogen (secondary N) is 1. The van der Waals surface area contributed by atoms with E-state index in [-0.39, 0.29) is 12.1 Å². The van der Waals surface area contributed by atoms with Crippen LogP contribution in [0.1, 0.15) is 31.8 Å². The predicted octanol–water partition coefficient (Wildman–Crippen LogP) is 1.88. The van der Waals surface area contributed by atoms with Crippen molar-refractivity contribution < 1.29 is 9.52 Å². The molecule has 86 valence electrons. The molecule has 3 nitrogen and oxygen atoms in total. The SMILES string of the molecule is Cc1ccc(CCNC(C)(C)CCO)o1. The van der Waals surface area contributed by atoms with Crippen LogP contribution in [0.4, 0.5) is 0 Å². The minimum Gasteiger partial charge on any atom is -0.466 e. The standard InChI is InChI=1S/C12H21NO2/c1-10-4-5-11(15-10)6-8-13-12(2,3)7-9-14/h4-5,13-14H,6-9H2,1-3H3. The lowest BCUT2D eigenvalue weighted by Gasteiger charge is -2.25. The Labute approximate surface area is 91.5 Å². The van der Waals surface area contributed by atoms with E-state index in [2.05, 4.69) is 19.2 Å². The third-order valence-electron chi connectivity index (χ3n) is 2.51. The van der Waals surface area contributed by atoms with Gasteiger partial charge in [-0.05, 0) is 39.3 Å². The summed E-state index contributed by atoms with van der Waals surface area (Å²) < 4.78 is 5.47. The summed E-state index contributed by atoms with van der Waals surface area (Å²) in [7, 11) is 0. The van der Waals surface area contributed by atoms with E-state index in [9.17, 15) is 0 Å². The third-order valence-corrected chi connectivity index (χ3v) is 2.51. The zero-order valence-corrected chi connectivity index (χ0v) is 9.84. The van der Waals surface area contributed by atoms with E-state index in [1.807, 2.05) is 19.1 Å². The molecule has 3 heteroatoms. The average Bonchev–Trinajstić information content (AvgIpc) is 2.51. The molecule has 0 aromatic carbocycles. The third kappa shape index (κ3) is 4.49. The molecule has 1 aromatic heterocycles. The highest BCUT2D eigenvalue weighted by Gasteiger charge is 2.15. The number of aliphatic hydroxyl groups is 1. The second-order valence-electron chi connectivity index (χ2n) is 4.55. The van der Waals surface area contributed by atoms with Crippen LogP contribution >= 0.6 is 0 Å². The monoisotopic (exact) mass is 211 g/mol. The van der Waals surface area contributed by atoms with E-state index in [0.29, 0.717) is 0 Å². The normalized spacial score (nSPS) is 12.0. The minimum absolute atomic E-state index is 0.00358. The van der Waals surface area contributed by atoms with E-state index in [0.717, 1.165) is 30.9 Å². The molecule has 0 saturated carbocycles. The zero-order chi connectivity index (χ0) is 11.3. The molecule has 0 aliphatic rings. The Morgan fingerprint density at radius 1 is 1.40 bits per heavy atom. The maximum atomic E-state index is 8.86. The Balaban J connectivity index is 2.27. The van der Waals surface area contributed by atoms with Gasteiger partial charge in [-0.25, -0.2) is 0 Å². The maximum absolute atomic E-state index is 8.86. The first-order valence-electron chi connectivity index (χ1n) is 5.45. The van der Waals surface area contributed by atoms with Crippen LogP contribution in [-0.2, 0) is 6.42 Å². The van der Waals surface area contributed by atoms with Crippen molar-refractivity contribution in [1.29, 1.82) is 0 Å². The summed E-state index contributed by atoms with van der Waals surface area (Å²) >= 11 is 0. The summed E-state index contributed by atoms with van der Waals surface area (Å²) in [6.07, 6.45) is 1.66.